The third kappa shape index (κ3) is 3.89. The van der Waals surface area contributed by atoms with E-state index in [0.29, 0.717) is 18.1 Å². The quantitative estimate of drug-likeness (QED) is 0.575. The number of rotatable bonds is 6. The molecule has 0 bridgehead atoms. The normalized spacial score (nSPS) is 12.2. The monoisotopic (exact) mass is 341 g/mol. The molecule has 1 aromatic carbocycles. The van der Waals surface area contributed by atoms with Gasteiger partial charge in [-0.3, -0.25) is 9.59 Å². The molecule has 0 spiro atoms. The van der Waals surface area contributed by atoms with Crippen LogP contribution in [0.3, 0.4) is 0 Å². The molecule has 0 aliphatic carbocycles. The Morgan fingerprint density at radius 1 is 1.40 bits per heavy atom. The van der Waals surface area contributed by atoms with Crippen LogP contribution < -0.4 is 16.6 Å². The summed E-state index contributed by atoms with van der Waals surface area (Å²) in [5.74, 6) is -0.116. The maximum Gasteiger partial charge on any atom is 0.251 e. The summed E-state index contributed by atoms with van der Waals surface area (Å²) >= 11 is 0. The van der Waals surface area contributed by atoms with E-state index in [4.69, 9.17) is 5.73 Å². The number of carbonyl (C=O) groups is 1. The van der Waals surface area contributed by atoms with Gasteiger partial charge in [0.1, 0.15) is 11.3 Å². The molecule has 1 atom stereocenters. The molecule has 130 valence electrons. The number of aromatic amines is 1. The van der Waals surface area contributed by atoms with Crippen molar-refractivity contribution in [2.45, 2.75) is 26.6 Å². The van der Waals surface area contributed by atoms with Crippen LogP contribution >= 0.6 is 0 Å². The van der Waals surface area contributed by atoms with E-state index in [2.05, 4.69) is 25.6 Å². The number of fused-ring (bicyclic) bond motifs is 1. The van der Waals surface area contributed by atoms with Crippen molar-refractivity contribution in [1.29, 1.82) is 0 Å². The second-order valence-corrected chi connectivity index (χ2v) is 5.77. The summed E-state index contributed by atoms with van der Waals surface area (Å²) < 4.78 is 1.70. The Balaban J connectivity index is 1.63. The minimum Gasteiger partial charge on any atom is -0.349 e. The molecule has 4 N–H and O–H groups in total. The van der Waals surface area contributed by atoms with Gasteiger partial charge in [0.15, 0.2) is 0 Å². The topological polar surface area (TPSA) is 132 Å². The van der Waals surface area contributed by atoms with Crippen molar-refractivity contribution in [3.63, 3.8) is 0 Å². The summed E-state index contributed by atoms with van der Waals surface area (Å²) in [6, 6.07) is 8.91. The predicted octanol–water partition coefficient (Wildman–Crippen LogP) is -0.0742. The summed E-state index contributed by atoms with van der Waals surface area (Å²) in [4.78, 5) is 30.6. The molecule has 0 aliphatic rings. The molecule has 1 amide bonds. The Hall–Kier alpha value is -3.07. The standard InChI is InChI=1S/C16H19N7O2/c1-10(9-23-13-5-3-2-4-12(13)21-22-23)16(25)18-8-14-19-11(7-17)6-15(24)20-14/h2-6,10H,7-9,17H2,1H3,(H,18,25)(H,19,20,24). The molecule has 9 nitrogen and oxygen atoms in total. The molecule has 0 fully saturated rings. The molecule has 3 aromatic rings. The van der Waals surface area contributed by atoms with Gasteiger partial charge in [0.05, 0.1) is 30.2 Å². The number of hydrogen-bond acceptors (Lipinski definition) is 6. The fraction of sp³-hybridized carbons (Fsp3) is 0.312. The van der Waals surface area contributed by atoms with Gasteiger partial charge in [0, 0.05) is 12.6 Å². The highest BCUT2D eigenvalue weighted by Crippen LogP contribution is 2.11. The van der Waals surface area contributed by atoms with Crippen LogP contribution in [0.25, 0.3) is 11.0 Å². The predicted molar refractivity (Wildman–Crippen MR) is 91.3 cm³/mol. The molecule has 25 heavy (non-hydrogen) atoms. The van der Waals surface area contributed by atoms with E-state index >= 15 is 0 Å². The van der Waals surface area contributed by atoms with E-state index in [-0.39, 0.29) is 30.5 Å². The van der Waals surface area contributed by atoms with Gasteiger partial charge in [-0.1, -0.05) is 24.3 Å². The number of H-pyrrole nitrogens is 1. The van der Waals surface area contributed by atoms with Crippen LogP contribution in [0.2, 0.25) is 0 Å². The maximum atomic E-state index is 12.3. The van der Waals surface area contributed by atoms with E-state index in [1.54, 1.807) is 11.6 Å². The van der Waals surface area contributed by atoms with Crippen LogP contribution in [0, 0.1) is 5.92 Å². The zero-order valence-corrected chi connectivity index (χ0v) is 13.8. The number of para-hydroxylation sites is 1. The van der Waals surface area contributed by atoms with Crippen molar-refractivity contribution in [3.05, 3.63) is 52.2 Å². The fourth-order valence-electron chi connectivity index (χ4n) is 2.49. The molecule has 0 radical (unpaired) electrons. The number of amides is 1. The molecule has 2 heterocycles. The van der Waals surface area contributed by atoms with Crippen LogP contribution in [0.1, 0.15) is 18.4 Å². The van der Waals surface area contributed by atoms with E-state index in [0.717, 1.165) is 11.0 Å². The van der Waals surface area contributed by atoms with Crippen molar-refractivity contribution < 1.29 is 4.79 Å². The fourth-order valence-corrected chi connectivity index (χ4v) is 2.49. The molecule has 0 saturated heterocycles. The molecule has 1 unspecified atom stereocenters. The van der Waals surface area contributed by atoms with Gasteiger partial charge in [-0.15, -0.1) is 5.10 Å². The average molecular weight is 341 g/mol. The highest BCUT2D eigenvalue weighted by atomic mass is 16.2. The lowest BCUT2D eigenvalue weighted by Crippen LogP contribution is -2.32. The van der Waals surface area contributed by atoms with Crippen LogP contribution in [0.15, 0.2) is 35.1 Å². The van der Waals surface area contributed by atoms with Gasteiger partial charge in [0.2, 0.25) is 5.91 Å². The van der Waals surface area contributed by atoms with E-state index in [1.807, 2.05) is 24.3 Å². The van der Waals surface area contributed by atoms with Gasteiger partial charge in [0.25, 0.3) is 5.56 Å². The van der Waals surface area contributed by atoms with E-state index in [1.165, 1.54) is 6.07 Å². The number of nitrogens with zero attached hydrogens (tertiary/aromatic N) is 4. The highest BCUT2D eigenvalue weighted by Gasteiger charge is 2.16. The zero-order valence-electron chi connectivity index (χ0n) is 13.8. The minimum absolute atomic E-state index is 0.129. The first-order valence-corrected chi connectivity index (χ1v) is 7.92. The van der Waals surface area contributed by atoms with Crippen molar-refractivity contribution in [3.8, 4) is 0 Å². The summed E-state index contributed by atoms with van der Waals surface area (Å²) in [5.41, 5.74) is 7.35. The van der Waals surface area contributed by atoms with Crippen LogP contribution in [0.5, 0.6) is 0 Å². The van der Waals surface area contributed by atoms with Gasteiger partial charge < -0.3 is 16.0 Å². The third-order valence-electron chi connectivity index (χ3n) is 3.80. The number of nitrogens with one attached hydrogen (secondary N) is 2. The number of benzene rings is 1. The third-order valence-corrected chi connectivity index (χ3v) is 3.80. The van der Waals surface area contributed by atoms with Gasteiger partial charge in [-0.2, -0.15) is 0 Å². The first kappa shape index (κ1) is 16.8. The van der Waals surface area contributed by atoms with E-state index in [9.17, 15) is 9.59 Å². The molecule has 3 rings (SSSR count). The summed E-state index contributed by atoms with van der Waals surface area (Å²) in [6.07, 6.45) is 0. The van der Waals surface area contributed by atoms with Crippen molar-refractivity contribution in [2.75, 3.05) is 0 Å². The van der Waals surface area contributed by atoms with Gasteiger partial charge in [-0.25, -0.2) is 9.67 Å². The first-order chi connectivity index (χ1) is 12.1. The van der Waals surface area contributed by atoms with Crippen molar-refractivity contribution >= 4 is 16.9 Å². The molecule has 9 heteroatoms. The molecular formula is C16H19N7O2. The zero-order chi connectivity index (χ0) is 17.8. The minimum atomic E-state index is -0.325. The molecule has 2 aromatic heterocycles. The Morgan fingerprint density at radius 3 is 3.00 bits per heavy atom. The highest BCUT2D eigenvalue weighted by molar-refractivity contribution is 5.78. The summed E-state index contributed by atoms with van der Waals surface area (Å²) in [7, 11) is 0. The van der Waals surface area contributed by atoms with Crippen molar-refractivity contribution in [2.24, 2.45) is 11.7 Å². The SMILES string of the molecule is CC(Cn1nnc2ccccc21)C(=O)NCc1nc(CN)cc(=O)[nH]1. The second-order valence-electron chi connectivity index (χ2n) is 5.77. The number of nitrogens with two attached hydrogens (primary N) is 1. The lowest BCUT2D eigenvalue weighted by molar-refractivity contribution is -0.125. The molecule has 0 aliphatic heterocycles. The number of aromatic nitrogens is 5. The summed E-state index contributed by atoms with van der Waals surface area (Å²) in [6.45, 7) is 2.50. The molecular weight excluding hydrogens is 322 g/mol. The van der Waals surface area contributed by atoms with Crippen molar-refractivity contribution in [1.82, 2.24) is 30.3 Å². The lowest BCUT2D eigenvalue weighted by atomic mass is 10.1. The second kappa shape index (κ2) is 7.22. The number of carbonyl (C=O) groups excluding carboxylic acids is 1. The lowest BCUT2D eigenvalue weighted by Gasteiger charge is -2.12. The van der Waals surface area contributed by atoms with Gasteiger partial charge in [-0.05, 0) is 12.1 Å². The van der Waals surface area contributed by atoms with E-state index < -0.39 is 0 Å². The first-order valence-electron chi connectivity index (χ1n) is 7.92. The Morgan fingerprint density at radius 2 is 2.20 bits per heavy atom. The van der Waals surface area contributed by atoms with Crippen LogP contribution in [-0.4, -0.2) is 30.9 Å². The van der Waals surface area contributed by atoms with Crippen LogP contribution in [-0.2, 0) is 24.4 Å². The largest absolute Gasteiger partial charge is 0.349 e. The Kier molecular flexibility index (Phi) is 4.85. The molecule has 0 saturated carbocycles. The Bertz CT molecular complexity index is 947. The van der Waals surface area contributed by atoms with Gasteiger partial charge >= 0.3 is 0 Å². The number of hydrogen-bond donors (Lipinski definition) is 3. The maximum absolute atomic E-state index is 12.3. The average Bonchev–Trinajstić information content (AvgIpc) is 3.02. The summed E-state index contributed by atoms with van der Waals surface area (Å²) in [5, 5.41) is 10.9. The Labute approximate surface area is 143 Å². The smallest absolute Gasteiger partial charge is 0.251 e. The van der Waals surface area contributed by atoms with Crippen LogP contribution in [0.4, 0.5) is 0 Å².